The summed E-state index contributed by atoms with van der Waals surface area (Å²) in [5.74, 6) is 0.667. The molecule has 1 aromatic rings. The first-order valence-corrected chi connectivity index (χ1v) is 7.08. The van der Waals surface area contributed by atoms with Crippen molar-refractivity contribution < 1.29 is 14.3 Å². The monoisotopic (exact) mass is 279 g/mol. The Morgan fingerprint density at radius 2 is 1.90 bits per heavy atom. The Bertz CT molecular complexity index is 424. The van der Waals surface area contributed by atoms with Crippen LogP contribution in [0.3, 0.4) is 0 Å². The number of ether oxygens (including phenoxy) is 2. The van der Waals surface area contributed by atoms with E-state index in [2.05, 4.69) is 12.2 Å². The number of carbonyl (C=O) groups is 1. The van der Waals surface area contributed by atoms with Crippen LogP contribution in [0.5, 0.6) is 5.75 Å². The van der Waals surface area contributed by atoms with Crippen LogP contribution < -0.4 is 10.1 Å². The van der Waals surface area contributed by atoms with Gasteiger partial charge in [-0.25, -0.2) is 0 Å². The highest BCUT2D eigenvalue weighted by Crippen LogP contribution is 2.20. The molecule has 1 N–H and O–H groups in total. The Labute approximate surface area is 121 Å². The van der Waals surface area contributed by atoms with Gasteiger partial charge < -0.3 is 14.8 Å². The maximum absolute atomic E-state index is 12.1. The van der Waals surface area contributed by atoms with Gasteiger partial charge in [0, 0.05) is 12.8 Å². The largest absolute Gasteiger partial charge is 0.491 e. The lowest BCUT2D eigenvalue weighted by Gasteiger charge is -2.25. The molecule has 0 saturated heterocycles. The van der Waals surface area contributed by atoms with Crippen LogP contribution in [0, 0.1) is 0 Å². The molecule has 0 heterocycles. The predicted molar refractivity (Wildman–Crippen MR) is 81.2 cm³/mol. The number of hydrogen-bond donors (Lipinski definition) is 1. The quantitative estimate of drug-likeness (QED) is 0.829. The van der Waals surface area contributed by atoms with E-state index in [0.717, 1.165) is 17.9 Å². The zero-order chi connectivity index (χ0) is 15.2. The molecule has 0 aromatic heterocycles. The number of benzene rings is 1. The Morgan fingerprint density at radius 3 is 2.35 bits per heavy atom. The summed E-state index contributed by atoms with van der Waals surface area (Å²) in [5.41, 5.74) is -0.0606. The van der Waals surface area contributed by atoms with E-state index in [9.17, 15) is 4.79 Å². The van der Waals surface area contributed by atoms with E-state index in [-0.39, 0.29) is 12.0 Å². The number of anilines is 1. The van der Waals surface area contributed by atoms with Crippen molar-refractivity contribution >= 4 is 11.6 Å². The van der Waals surface area contributed by atoms with E-state index < -0.39 is 5.60 Å². The molecular formula is C16H25NO3. The number of hydrogen-bond acceptors (Lipinski definition) is 3. The third-order valence-corrected chi connectivity index (χ3v) is 3.63. The molecule has 0 fully saturated rings. The fraction of sp³-hybridized carbons (Fsp3) is 0.562. The van der Waals surface area contributed by atoms with Crippen LogP contribution in [-0.4, -0.2) is 24.7 Å². The van der Waals surface area contributed by atoms with Crippen molar-refractivity contribution in [1.82, 2.24) is 0 Å². The van der Waals surface area contributed by atoms with Gasteiger partial charge in [-0.15, -0.1) is 0 Å². The van der Waals surface area contributed by atoms with Crippen LogP contribution in [0.2, 0.25) is 0 Å². The van der Waals surface area contributed by atoms with Gasteiger partial charge in [-0.1, -0.05) is 13.8 Å². The molecule has 4 nitrogen and oxygen atoms in total. The first-order valence-electron chi connectivity index (χ1n) is 7.08. The fourth-order valence-corrected chi connectivity index (χ4v) is 1.59. The molecule has 0 saturated carbocycles. The highest BCUT2D eigenvalue weighted by atomic mass is 16.5. The maximum Gasteiger partial charge on any atom is 0.256 e. The van der Waals surface area contributed by atoms with Gasteiger partial charge in [0.05, 0.1) is 6.10 Å². The molecule has 1 rings (SSSR count). The van der Waals surface area contributed by atoms with Crippen molar-refractivity contribution in [3.05, 3.63) is 24.3 Å². The molecule has 1 aromatic carbocycles. The van der Waals surface area contributed by atoms with Crippen LogP contribution >= 0.6 is 0 Å². The standard InChI is InChI=1S/C16H25NO3/c1-6-12(3)20-14-10-8-13(9-11-14)17-15(18)16(4,7-2)19-5/h8-12H,6-7H2,1-5H3,(H,17,18)/t12-,16-/m1/s1. The summed E-state index contributed by atoms with van der Waals surface area (Å²) in [5, 5.41) is 2.86. The average molecular weight is 279 g/mol. The third-order valence-electron chi connectivity index (χ3n) is 3.63. The highest BCUT2D eigenvalue weighted by Gasteiger charge is 2.30. The van der Waals surface area contributed by atoms with E-state index >= 15 is 0 Å². The van der Waals surface area contributed by atoms with Crippen LogP contribution in [-0.2, 0) is 9.53 Å². The van der Waals surface area contributed by atoms with Gasteiger partial charge in [0.25, 0.3) is 5.91 Å². The second-order valence-electron chi connectivity index (χ2n) is 5.10. The first kappa shape index (κ1) is 16.5. The minimum atomic E-state index is -0.800. The number of methoxy groups -OCH3 is 1. The lowest BCUT2D eigenvalue weighted by atomic mass is 10.0. The number of amides is 1. The van der Waals surface area contributed by atoms with Gasteiger partial charge in [-0.05, 0) is 51.0 Å². The minimum absolute atomic E-state index is 0.141. The number of carbonyl (C=O) groups excluding carboxylic acids is 1. The average Bonchev–Trinajstić information content (AvgIpc) is 2.48. The van der Waals surface area contributed by atoms with Gasteiger partial charge in [0.2, 0.25) is 0 Å². The van der Waals surface area contributed by atoms with E-state index in [1.807, 2.05) is 38.1 Å². The van der Waals surface area contributed by atoms with E-state index in [1.165, 1.54) is 0 Å². The maximum atomic E-state index is 12.1. The van der Waals surface area contributed by atoms with Crippen molar-refractivity contribution in [1.29, 1.82) is 0 Å². The Kier molecular flexibility index (Phi) is 6.02. The molecule has 112 valence electrons. The zero-order valence-corrected chi connectivity index (χ0v) is 13.0. The third kappa shape index (κ3) is 4.23. The van der Waals surface area contributed by atoms with E-state index in [0.29, 0.717) is 6.42 Å². The molecular weight excluding hydrogens is 254 g/mol. The number of nitrogens with one attached hydrogen (secondary N) is 1. The zero-order valence-electron chi connectivity index (χ0n) is 13.0. The lowest BCUT2D eigenvalue weighted by molar-refractivity contribution is -0.136. The fourth-order valence-electron chi connectivity index (χ4n) is 1.59. The van der Waals surface area contributed by atoms with Crippen molar-refractivity contribution in [2.75, 3.05) is 12.4 Å². The topological polar surface area (TPSA) is 47.6 Å². The van der Waals surface area contributed by atoms with Gasteiger partial charge in [0.1, 0.15) is 11.4 Å². The van der Waals surface area contributed by atoms with Crippen molar-refractivity contribution in [2.24, 2.45) is 0 Å². The molecule has 4 heteroatoms. The molecule has 0 bridgehead atoms. The summed E-state index contributed by atoms with van der Waals surface area (Å²) in [6, 6.07) is 7.39. The van der Waals surface area contributed by atoms with Crippen LogP contribution in [0.25, 0.3) is 0 Å². The normalized spacial score (nSPS) is 15.2. The summed E-state index contributed by atoms with van der Waals surface area (Å²) < 4.78 is 11.0. The second kappa shape index (κ2) is 7.29. The molecule has 0 unspecified atom stereocenters. The SMILES string of the molecule is CC[C@@H](C)Oc1ccc(NC(=O)[C@@](C)(CC)OC)cc1. The van der Waals surface area contributed by atoms with Crippen LogP contribution in [0.4, 0.5) is 5.69 Å². The molecule has 0 aliphatic heterocycles. The molecule has 1 amide bonds. The molecule has 0 spiro atoms. The van der Waals surface area contributed by atoms with Gasteiger partial charge in [0.15, 0.2) is 0 Å². The number of rotatable bonds is 7. The van der Waals surface area contributed by atoms with E-state index in [4.69, 9.17) is 9.47 Å². The summed E-state index contributed by atoms with van der Waals surface area (Å²) in [7, 11) is 1.55. The van der Waals surface area contributed by atoms with Gasteiger partial charge in [-0.3, -0.25) is 4.79 Å². The highest BCUT2D eigenvalue weighted by molar-refractivity contribution is 5.97. The lowest BCUT2D eigenvalue weighted by Crippen LogP contribution is -2.41. The van der Waals surface area contributed by atoms with Crippen LogP contribution in [0.1, 0.15) is 40.5 Å². The summed E-state index contributed by atoms with van der Waals surface area (Å²) in [6.45, 7) is 7.81. The summed E-state index contributed by atoms with van der Waals surface area (Å²) in [6.07, 6.45) is 1.76. The first-order chi connectivity index (χ1) is 9.45. The molecule has 0 aliphatic rings. The predicted octanol–water partition coefficient (Wildman–Crippen LogP) is 3.62. The minimum Gasteiger partial charge on any atom is -0.491 e. The van der Waals surface area contributed by atoms with Gasteiger partial charge in [-0.2, -0.15) is 0 Å². The second-order valence-corrected chi connectivity index (χ2v) is 5.10. The van der Waals surface area contributed by atoms with Crippen molar-refractivity contribution in [3.63, 3.8) is 0 Å². The Hall–Kier alpha value is -1.55. The van der Waals surface area contributed by atoms with Crippen LogP contribution in [0.15, 0.2) is 24.3 Å². The smallest absolute Gasteiger partial charge is 0.256 e. The summed E-state index contributed by atoms with van der Waals surface area (Å²) in [4.78, 5) is 12.1. The van der Waals surface area contributed by atoms with Crippen molar-refractivity contribution in [2.45, 2.75) is 52.2 Å². The molecule has 0 radical (unpaired) electrons. The Balaban J connectivity index is 2.68. The summed E-state index contributed by atoms with van der Waals surface area (Å²) >= 11 is 0. The van der Waals surface area contributed by atoms with Gasteiger partial charge >= 0.3 is 0 Å². The Morgan fingerprint density at radius 1 is 1.30 bits per heavy atom. The molecule has 2 atom stereocenters. The molecule has 0 aliphatic carbocycles. The van der Waals surface area contributed by atoms with E-state index in [1.54, 1.807) is 14.0 Å². The van der Waals surface area contributed by atoms with Crippen molar-refractivity contribution in [3.8, 4) is 5.75 Å². The molecule has 20 heavy (non-hydrogen) atoms.